The largest absolute Gasteiger partial charge is 4.00 e. The van der Waals surface area contributed by atoms with E-state index in [0.717, 1.165) is 28.8 Å². The fourth-order valence-corrected chi connectivity index (χ4v) is 0.836. The van der Waals surface area contributed by atoms with E-state index < -0.39 is 5.91 Å². The molecule has 6 heteroatoms. The SMILES string of the molecule is CC1=CC[C-]=C1.CCCCC([NH-])=O.C[SiH]C.[Cl-].[Cl-].[Zr+4]. The Kier molecular flexibility index (Phi) is 45.3. The van der Waals surface area contributed by atoms with Crippen LogP contribution in [-0.2, 0) is 31.0 Å². The van der Waals surface area contributed by atoms with Crippen molar-refractivity contribution in [3.8, 4) is 0 Å². The zero-order valence-electron chi connectivity index (χ0n) is 12.2. The summed E-state index contributed by atoms with van der Waals surface area (Å²) in [4.78, 5) is 9.87. The zero-order valence-corrected chi connectivity index (χ0v) is 17.3. The average molecular weight is 401 g/mol. The number of nitrogens with one attached hydrogen (secondary N) is 1. The van der Waals surface area contributed by atoms with Crippen LogP contribution in [0.25, 0.3) is 5.73 Å². The van der Waals surface area contributed by atoms with Gasteiger partial charge in [0.1, 0.15) is 0 Å². The molecule has 0 aliphatic heterocycles. The van der Waals surface area contributed by atoms with Gasteiger partial charge < -0.3 is 35.3 Å². The molecule has 1 radical (unpaired) electrons. The van der Waals surface area contributed by atoms with Crippen molar-refractivity contribution in [1.29, 1.82) is 0 Å². The number of hydrogen-bond acceptors (Lipinski definition) is 1. The summed E-state index contributed by atoms with van der Waals surface area (Å²) in [6, 6.07) is 0. The van der Waals surface area contributed by atoms with Gasteiger partial charge in [-0.05, 0) is 12.8 Å². The summed E-state index contributed by atoms with van der Waals surface area (Å²) in [6.45, 7) is 8.50. The van der Waals surface area contributed by atoms with E-state index in [9.17, 15) is 4.79 Å². The van der Waals surface area contributed by atoms with Crippen LogP contribution in [0.3, 0.4) is 0 Å². The van der Waals surface area contributed by atoms with Crippen LogP contribution in [0, 0.1) is 6.08 Å². The summed E-state index contributed by atoms with van der Waals surface area (Å²) in [5, 5.41) is 0. The summed E-state index contributed by atoms with van der Waals surface area (Å²) >= 11 is 0. The van der Waals surface area contributed by atoms with Gasteiger partial charge in [-0.3, -0.25) is 6.08 Å². The molecule has 19 heavy (non-hydrogen) atoms. The first kappa shape index (κ1) is 31.8. The molecule has 0 saturated carbocycles. The maximum Gasteiger partial charge on any atom is 4.00 e. The van der Waals surface area contributed by atoms with E-state index >= 15 is 0 Å². The smallest absolute Gasteiger partial charge is 1.00 e. The number of carbonyl (C=O) groups excluding carboxylic acids is 1. The van der Waals surface area contributed by atoms with E-state index in [1.807, 2.05) is 13.0 Å². The minimum Gasteiger partial charge on any atom is -1.00 e. The molecule has 0 atom stereocenters. The van der Waals surface area contributed by atoms with Gasteiger partial charge in [0, 0.05) is 15.4 Å². The van der Waals surface area contributed by atoms with E-state index in [1.54, 1.807) is 0 Å². The molecule has 1 amide bonds. The molecular formula is C13H24Cl2NOSiZr. The van der Waals surface area contributed by atoms with Gasteiger partial charge in [0.2, 0.25) is 0 Å². The Labute approximate surface area is 152 Å². The number of hydrogen-bond donors (Lipinski definition) is 0. The van der Waals surface area contributed by atoms with E-state index in [2.05, 4.69) is 32.2 Å². The van der Waals surface area contributed by atoms with Crippen molar-refractivity contribution in [2.45, 2.75) is 52.6 Å². The summed E-state index contributed by atoms with van der Waals surface area (Å²) in [6.07, 6.45) is 10.5. The first-order valence-corrected chi connectivity index (χ1v) is 8.11. The van der Waals surface area contributed by atoms with E-state index in [1.165, 1.54) is 5.57 Å². The van der Waals surface area contributed by atoms with Crippen molar-refractivity contribution in [3.05, 3.63) is 29.5 Å². The van der Waals surface area contributed by atoms with Crippen molar-refractivity contribution in [2.24, 2.45) is 0 Å². The Morgan fingerprint density at radius 3 is 2.00 bits per heavy atom. The van der Waals surface area contributed by atoms with E-state index in [-0.39, 0.29) is 51.0 Å². The van der Waals surface area contributed by atoms with Crippen LogP contribution in [0.2, 0.25) is 13.1 Å². The predicted octanol–water partition coefficient (Wildman–Crippen LogP) is -2.02. The molecular weight excluding hydrogens is 376 g/mol. The van der Waals surface area contributed by atoms with Gasteiger partial charge >= 0.3 is 26.2 Å². The van der Waals surface area contributed by atoms with Crippen molar-refractivity contribution in [1.82, 2.24) is 0 Å². The van der Waals surface area contributed by atoms with Gasteiger partial charge in [-0.25, -0.2) is 11.6 Å². The van der Waals surface area contributed by atoms with Crippen LogP contribution < -0.4 is 24.8 Å². The number of halogens is 2. The molecule has 109 valence electrons. The van der Waals surface area contributed by atoms with Crippen molar-refractivity contribution >= 4 is 15.4 Å². The molecule has 0 bridgehead atoms. The minimum atomic E-state index is -0.443. The van der Waals surface area contributed by atoms with Crippen LogP contribution in [0.5, 0.6) is 0 Å². The molecule has 1 aliphatic rings. The normalized spacial score (nSPS) is 10.0. The van der Waals surface area contributed by atoms with Crippen LogP contribution in [0.1, 0.15) is 39.5 Å². The number of rotatable bonds is 3. The van der Waals surface area contributed by atoms with Crippen molar-refractivity contribution in [3.63, 3.8) is 0 Å². The number of allylic oxidation sites excluding steroid dienone is 4. The molecule has 0 aromatic carbocycles. The van der Waals surface area contributed by atoms with Crippen LogP contribution in [0.4, 0.5) is 0 Å². The summed E-state index contributed by atoms with van der Waals surface area (Å²) in [5.41, 5.74) is 7.78. The quantitative estimate of drug-likeness (QED) is 0.398. The molecule has 0 spiro atoms. The molecule has 2 nitrogen and oxygen atoms in total. The Bertz CT molecular complexity index is 234. The second-order valence-corrected chi connectivity index (χ2v) is 4.76. The standard InChI is InChI=1S/C6H7.C5H11NO.C2H7Si.2ClH.Zr/c1-6-4-2-3-5-6;1-2-3-4-5(6)7;1-3-2;;;/h4-5H,2H2,1H3;2-4H2,1H3,(H2,6,7);3H,1-2H3;2*1H;/q-1;;;;;+4/p-3. The number of carbonyl (C=O) groups is 1. The van der Waals surface area contributed by atoms with Gasteiger partial charge in [0.25, 0.3) is 0 Å². The van der Waals surface area contributed by atoms with Crippen molar-refractivity contribution < 1.29 is 55.8 Å². The Morgan fingerprint density at radius 1 is 1.42 bits per heavy atom. The Balaban J connectivity index is -0.0000000507. The van der Waals surface area contributed by atoms with Gasteiger partial charge in [0.05, 0.1) is 0 Å². The van der Waals surface area contributed by atoms with Gasteiger partial charge in [0.15, 0.2) is 0 Å². The monoisotopic (exact) mass is 398 g/mol. The van der Waals surface area contributed by atoms with Gasteiger partial charge in [-0.15, -0.1) is 13.3 Å². The van der Waals surface area contributed by atoms with Gasteiger partial charge in [-0.2, -0.15) is 6.08 Å². The molecule has 0 aromatic rings. The molecule has 0 unspecified atom stereocenters. The Hall–Kier alpha value is 0.630. The zero-order chi connectivity index (χ0) is 12.8. The van der Waals surface area contributed by atoms with Crippen molar-refractivity contribution in [2.75, 3.05) is 0 Å². The third-order valence-corrected chi connectivity index (χ3v) is 1.63. The van der Waals surface area contributed by atoms with E-state index in [0.29, 0.717) is 6.42 Å². The molecule has 1 N–H and O–H groups in total. The third-order valence-electron chi connectivity index (χ3n) is 1.63. The van der Waals surface area contributed by atoms with E-state index in [4.69, 9.17) is 5.73 Å². The summed E-state index contributed by atoms with van der Waals surface area (Å²) < 4.78 is 0. The summed E-state index contributed by atoms with van der Waals surface area (Å²) in [5.74, 6) is -0.443. The fourth-order valence-electron chi connectivity index (χ4n) is 0.836. The number of amides is 1. The first-order chi connectivity index (χ1) is 7.58. The second kappa shape index (κ2) is 27.1. The number of unbranched alkanes of at least 4 members (excludes halogenated alkanes) is 1. The maximum atomic E-state index is 9.87. The topological polar surface area (TPSA) is 40.9 Å². The average Bonchev–Trinajstić information content (AvgIpc) is 2.68. The van der Waals surface area contributed by atoms with Gasteiger partial charge in [-0.1, -0.05) is 26.4 Å². The minimum absolute atomic E-state index is 0. The molecule has 0 fully saturated rings. The molecule has 1 aliphatic carbocycles. The molecule has 0 aromatic heterocycles. The molecule has 0 heterocycles. The maximum absolute atomic E-state index is 9.87. The van der Waals surface area contributed by atoms with Crippen LogP contribution >= 0.6 is 0 Å². The first-order valence-electron chi connectivity index (χ1n) is 5.80. The molecule has 0 saturated heterocycles. The van der Waals surface area contributed by atoms with Crippen LogP contribution in [-0.4, -0.2) is 15.4 Å². The predicted molar refractivity (Wildman–Crippen MR) is 73.9 cm³/mol. The fraction of sp³-hybridized carbons (Fsp3) is 0.615. The Morgan fingerprint density at radius 2 is 1.89 bits per heavy atom. The third kappa shape index (κ3) is 38.1. The second-order valence-electron chi connectivity index (χ2n) is 3.60. The molecule has 1 rings (SSSR count). The summed E-state index contributed by atoms with van der Waals surface area (Å²) in [7, 11) is 0.750. The van der Waals surface area contributed by atoms with Crippen LogP contribution in [0.15, 0.2) is 17.7 Å².